The Hall–Kier alpha value is -3.68. The molecule has 0 radical (unpaired) electrons. The zero-order valence-electron chi connectivity index (χ0n) is 22.4. The molecular weight excluding hydrogens is 492 g/mol. The lowest BCUT2D eigenvalue weighted by molar-refractivity contribution is -0.150. The highest BCUT2D eigenvalue weighted by Crippen LogP contribution is 2.41. The number of para-hydroxylation sites is 2. The molecule has 4 heterocycles. The van der Waals surface area contributed by atoms with Crippen LogP contribution in [0.2, 0.25) is 0 Å². The topological polar surface area (TPSA) is 84.7 Å². The first-order chi connectivity index (χ1) is 19.0. The summed E-state index contributed by atoms with van der Waals surface area (Å²) in [5.74, 6) is 1.08. The number of piperidine rings is 1. The number of rotatable bonds is 2. The van der Waals surface area contributed by atoms with E-state index in [0.717, 1.165) is 50.8 Å². The van der Waals surface area contributed by atoms with Gasteiger partial charge in [0.05, 0.1) is 28.7 Å². The van der Waals surface area contributed by atoms with Crippen molar-refractivity contribution in [3.8, 4) is 5.75 Å². The summed E-state index contributed by atoms with van der Waals surface area (Å²) in [7, 11) is 0. The Morgan fingerprint density at radius 1 is 0.949 bits per heavy atom. The summed E-state index contributed by atoms with van der Waals surface area (Å²) in [6.07, 6.45) is 8.47. The van der Waals surface area contributed by atoms with Crippen molar-refractivity contribution in [2.75, 3.05) is 26.2 Å². The molecule has 2 amide bonds. The van der Waals surface area contributed by atoms with Gasteiger partial charge in [-0.05, 0) is 68.7 Å². The number of nitrogens with zero attached hydrogens (tertiary/aromatic N) is 4. The Balaban J connectivity index is 1.17. The van der Waals surface area contributed by atoms with Crippen molar-refractivity contribution in [1.29, 1.82) is 0 Å². The minimum atomic E-state index is -0.445. The molecular formula is C31H36N4O4. The first kappa shape index (κ1) is 25.6. The summed E-state index contributed by atoms with van der Waals surface area (Å²) in [6, 6.07) is 15.5. The number of ether oxygens (including phenoxy) is 1. The molecule has 6 rings (SSSR count). The van der Waals surface area contributed by atoms with E-state index in [4.69, 9.17) is 4.74 Å². The third-order valence-electron chi connectivity index (χ3n) is 8.96. The number of carbonyl (C=O) groups excluding carboxylic acids is 2. The molecule has 39 heavy (non-hydrogen) atoms. The monoisotopic (exact) mass is 528 g/mol. The maximum atomic E-state index is 14.1. The third kappa shape index (κ3) is 5.04. The number of fused-ring (bicyclic) bond motifs is 3. The Morgan fingerprint density at radius 2 is 1.74 bits per heavy atom. The minimum Gasteiger partial charge on any atom is -0.491 e. The van der Waals surface area contributed by atoms with Crippen LogP contribution in [0.1, 0.15) is 50.5 Å². The van der Waals surface area contributed by atoms with Gasteiger partial charge < -0.3 is 14.5 Å². The van der Waals surface area contributed by atoms with E-state index < -0.39 is 5.41 Å². The van der Waals surface area contributed by atoms with Gasteiger partial charge in [-0.1, -0.05) is 36.8 Å². The predicted octanol–water partition coefficient (Wildman–Crippen LogP) is 3.80. The molecule has 3 aliphatic heterocycles. The third-order valence-corrected chi connectivity index (χ3v) is 8.96. The van der Waals surface area contributed by atoms with Crippen LogP contribution in [-0.4, -0.2) is 63.4 Å². The van der Waals surface area contributed by atoms with E-state index in [0.29, 0.717) is 43.4 Å². The standard InChI is InChI=1S/C31H36N4O4/c36-28(20-34-22-32-26-12-3-2-11-25(26)29(34)37)33-18-15-31(16-19-33)14-6-5-9-23-8-1-4-13-27(23)39-21-24-10-7-17-35(24)30(31)38/h1-4,8,11-13,22,24H,5-7,9-10,14-21H2/t24-/m0/s1. The van der Waals surface area contributed by atoms with Crippen LogP contribution in [0.5, 0.6) is 5.75 Å². The van der Waals surface area contributed by atoms with E-state index >= 15 is 0 Å². The lowest BCUT2D eigenvalue weighted by Crippen LogP contribution is -2.53. The Morgan fingerprint density at radius 3 is 2.62 bits per heavy atom. The maximum absolute atomic E-state index is 14.1. The molecule has 8 heteroatoms. The SMILES string of the molecule is O=C(Cn1cnc2ccccc2c1=O)N1CCC2(CCCCc3ccccc3OC[C@@H]3CCCN3C2=O)CC1. The van der Waals surface area contributed by atoms with Crippen molar-refractivity contribution in [3.63, 3.8) is 0 Å². The molecule has 0 aliphatic carbocycles. The number of aromatic nitrogens is 2. The molecule has 0 saturated carbocycles. The Labute approximate surface area is 228 Å². The fourth-order valence-electron chi connectivity index (χ4n) is 6.62. The smallest absolute Gasteiger partial charge is 0.261 e. The van der Waals surface area contributed by atoms with Gasteiger partial charge in [0.1, 0.15) is 18.9 Å². The van der Waals surface area contributed by atoms with Crippen molar-refractivity contribution in [1.82, 2.24) is 19.4 Å². The van der Waals surface area contributed by atoms with E-state index in [9.17, 15) is 14.4 Å². The molecule has 1 spiro atoms. The molecule has 204 valence electrons. The van der Waals surface area contributed by atoms with Crippen LogP contribution in [0.4, 0.5) is 0 Å². The molecule has 1 atom stereocenters. The predicted molar refractivity (Wildman–Crippen MR) is 148 cm³/mol. The van der Waals surface area contributed by atoms with Gasteiger partial charge in [-0.25, -0.2) is 4.98 Å². The molecule has 2 fully saturated rings. The van der Waals surface area contributed by atoms with Gasteiger partial charge in [-0.3, -0.25) is 19.0 Å². The maximum Gasteiger partial charge on any atom is 0.261 e. The van der Waals surface area contributed by atoms with Gasteiger partial charge in [0.15, 0.2) is 0 Å². The van der Waals surface area contributed by atoms with E-state index in [-0.39, 0.29) is 30.0 Å². The molecule has 0 bridgehead atoms. The average molecular weight is 529 g/mol. The molecule has 8 nitrogen and oxygen atoms in total. The number of benzene rings is 2. The Kier molecular flexibility index (Phi) is 7.11. The van der Waals surface area contributed by atoms with E-state index in [1.54, 1.807) is 18.2 Å². The molecule has 3 aromatic rings. The second-order valence-corrected chi connectivity index (χ2v) is 11.3. The highest BCUT2D eigenvalue weighted by Gasteiger charge is 2.46. The number of hydrogen-bond donors (Lipinski definition) is 0. The summed E-state index contributed by atoms with van der Waals surface area (Å²) >= 11 is 0. The zero-order chi connectivity index (χ0) is 26.8. The van der Waals surface area contributed by atoms with Gasteiger partial charge in [-0.15, -0.1) is 0 Å². The largest absolute Gasteiger partial charge is 0.491 e. The summed E-state index contributed by atoms with van der Waals surface area (Å²) < 4.78 is 7.65. The second kappa shape index (κ2) is 10.8. The highest BCUT2D eigenvalue weighted by molar-refractivity contribution is 5.84. The van der Waals surface area contributed by atoms with Crippen LogP contribution in [0.15, 0.2) is 59.7 Å². The molecule has 0 N–H and O–H groups in total. The van der Waals surface area contributed by atoms with Crippen molar-refractivity contribution in [2.24, 2.45) is 5.41 Å². The zero-order valence-corrected chi connectivity index (χ0v) is 22.4. The minimum absolute atomic E-state index is 0.0391. The summed E-state index contributed by atoms with van der Waals surface area (Å²) in [5.41, 5.74) is 1.21. The van der Waals surface area contributed by atoms with Gasteiger partial charge >= 0.3 is 0 Å². The van der Waals surface area contributed by atoms with Gasteiger partial charge in [0.25, 0.3) is 5.56 Å². The fourth-order valence-corrected chi connectivity index (χ4v) is 6.62. The molecule has 3 aliphatic rings. The lowest BCUT2D eigenvalue weighted by atomic mass is 9.73. The summed E-state index contributed by atoms with van der Waals surface area (Å²) in [6.45, 7) is 2.31. The van der Waals surface area contributed by atoms with Gasteiger partial charge in [0.2, 0.25) is 11.8 Å². The molecule has 1 aromatic heterocycles. The van der Waals surface area contributed by atoms with E-state index in [1.807, 2.05) is 23.1 Å². The molecule has 2 saturated heterocycles. The first-order valence-corrected chi connectivity index (χ1v) is 14.3. The lowest BCUT2D eigenvalue weighted by Gasteiger charge is -2.44. The second-order valence-electron chi connectivity index (χ2n) is 11.3. The van der Waals surface area contributed by atoms with Gasteiger partial charge in [-0.2, -0.15) is 0 Å². The molecule has 2 aromatic carbocycles. The first-order valence-electron chi connectivity index (χ1n) is 14.3. The van der Waals surface area contributed by atoms with E-state index in [2.05, 4.69) is 22.0 Å². The number of aryl methyl sites for hydroxylation is 1. The Bertz CT molecular complexity index is 1430. The quantitative estimate of drug-likeness (QED) is 0.505. The normalized spacial score (nSPS) is 21.5. The van der Waals surface area contributed by atoms with Gasteiger partial charge in [0, 0.05) is 19.6 Å². The van der Waals surface area contributed by atoms with Crippen LogP contribution in [0.3, 0.4) is 0 Å². The summed E-state index contributed by atoms with van der Waals surface area (Å²) in [5, 5.41) is 0.510. The summed E-state index contributed by atoms with van der Waals surface area (Å²) in [4.78, 5) is 48.5. The van der Waals surface area contributed by atoms with Crippen LogP contribution in [-0.2, 0) is 22.6 Å². The van der Waals surface area contributed by atoms with Crippen LogP contribution in [0, 0.1) is 5.41 Å². The van der Waals surface area contributed by atoms with Crippen molar-refractivity contribution in [2.45, 2.75) is 64.0 Å². The van der Waals surface area contributed by atoms with Crippen LogP contribution < -0.4 is 10.3 Å². The average Bonchev–Trinajstić information content (AvgIpc) is 3.44. The highest BCUT2D eigenvalue weighted by atomic mass is 16.5. The number of hydrogen-bond acceptors (Lipinski definition) is 5. The van der Waals surface area contributed by atoms with E-state index in [1.165, 1.54) is 16.5 Å². The number of carbonyl (C=O) groups is 2. The van der Waals surface area contributed by atoms with Crippen LogP contribution in [0.25, 0.3) is 10.9 Å². The van der Waals surface area contributed by atoms with Crippen LogP contribution >= 0.6 is 0 Å². The van der Waals surface area contributed by atoms with Crippen molar-refractivity contribution >= 4 is 22.7 Å². The molecule has 0 unspecified atom stereocenters. The number of likely N-dealkylation sites (tertiary alicyclic amines) is 1. The fraction of sp³-hybridized carbons (Fsp3) is 0.484. The van der Waals surface area contributed by atoms with Crippen molar-refractivity contribution in [3.05, 3.63) is 70.8 Å². The van der Waals surface area contributed by atoms with Crippen molar-refractivity contribution < 1.29 is 14.3 Å². The number of amides is 2.